The van der Waals surface area contributed by atoms with Gasteiger partial charge >= 0.3 is 0 Å². The van der Waals surface area contributed by atoms with Crippen molar-refractivity contribution in [3.05, 3.63) is 36.4 Å². The molecule has 0 atom stereocenters. The number of imide groups is 1. The van der Waals surface area contributed by atoms with Crippen LogP contribution in [0.2, 0.25) is 0 Å². The third kappa shape index (κ3) is 3.85. The number of likely N-dealkylation sites (tertiary alicyclic amines) is 1. The maximum absolute atomic E-state index is 12.1. The van der Waals surface area contributed by atoms with Gasteiger partial charge < -0.3 is 10.2 Å². The molecule has 0 aliphatic carbocycles. The zero-order chi connectivity index (χ0) is 19.5. The number of hydrogen-bond acceptors (Lipinski definition) is 6. The van der Waals surface area contributed by atoms with Crippen LogP contribution in [0.1, 0.15) is 25.7 Å². The second kappa shape index (κ2) is 7.75. The third-order valence-corrected chi connectivity index (χ3v) is 5.00. The first-order chi connectivity index (χ1) is 13.6. The Morgan fingerprint density at radius 2 is 1.61 bits per heavy atom. The molecule has 3 amide bonds. The molecule has 2 aliphatic heterocycles. The van der Waals surface area contributed by atoms with Gasteiger partial charge in [0.1, 0.15) is 6.54 Å². The monoisotopic (exact) mass is 379 g/mol. The second-order valence-electron chi connectivity index (χ2n) is 6.97. The SMILES string of the molecule is O=C(CN1C(=O)CCC1=O)Nc1ccc(-c2ccc(N3CCCC3)nn2)cc1. The van der Waals surface area contributed by atoms with Crippen LogP contribution in [0, 0.1) is 0 Å². The van der Waals surface area contributed by atoms with Crippen LogP contribution in [0.3, 0.4) is 0 Å². The lowest BCUT2D eigenvalue weighted by Crippen LogP contribution is -2.36. The van der Waals surface area contributed by atoms with E-state index >= 15 is 0 Å². The van der Waals surface area contributed by atoms with Crippen molar-refractivity contribution in [2.45, 2.75) is 25.7 Å². The largest absolute Gasteiger partial charge is 0.355 e. The smallest absolute Gasteiger partial charge is 0.244 e. The maximum Gasteiger partial charge on any atom is 0.244 e. The molecule has 0 spiro atoms. The number of rotatable bonds is 5. The summed E-state index contributed by atoms with van der Waals surface area (Å²) in [6.45, 7) is 1.80. The van der Waals surface area contributed by atoms with Crippen LogP contribution in [0.25, 0.3) is 11.3 Å². The highest BCUT2D eigenvalue weighted by atomic mass is 16.2. The molecule has 0 saturated carbocycles. The van der Waals surface area contributed by atoms with E-state index in [9.17, 15) is 14.4 Å². The van der Waals surface area contributed by atoms with E-state index in [4.69, 9.17) is 0 Å². The van der Waals surface area contributed by atoms with E-state index in [1.54, 1.807) is 12.1 Å². The molecule has 4 rings (SSSR count). The Labute approximate surface area is 162 Å². The summed E-state index contributed by atoms with van der Waals surface area (Å²) in [6, 6.07) is 11.1. The average molecular weight is 379 g/mol. The molecular weight excluding hydrogens is 358 g/mol. The van der Waals surface area contributed by atoms with Gasteiger partial charge in [-0.2, -0.15) is 0 Å². The number of carbonyl (C=O) groups is 3. The van der Waals surface area contributed by atoms with Gasteiger partial charge in [0.2, 0.25) is 17.7 Å². The molecule has 144 valence electrons. The average Bonchev–Trinajstić information content (AvgIpc) is 3.35. The van der Waals surface area contributed by atoms with E-state index in [1.165, 1.54) is 12.8 Å². The molecule has 0 unspecified atom stereocenters. The van der Waals surface area contributed by atoms with Gasteiger partial charge in [0.15, 0.2) is 5.82 Å². The van der Waals surface area contributed by atoms with Crippen LogP contribution >= 0.6 is 0 Å². The highest BCUT2D eigenvalue weighted by Gasteiger charge is 2.30. The maximum atomic E-state index is 12.1. The number of carbonyl (C=O) groups excluding carboxylic acids is 3. The molecule has 2 fully saturated rings. The minimum absolute atomic E-state index is 0.179. The van der Waals surface area contributed by atoms with Crippen molar-refractivity contribution in [1.29, 1.82) is 0 Å². The highest BCUT2D eigenvalue weighted by molar-refractivity contribution is 6.06. The van der Waals surface area contributed by atoms with Gasteiger partial charge in [-0.1, -0.05) is 12.1 Å². The standard InChI is InChI=1S/C20H21N5O3/c26-18(13-25-19(27)9-10-20(25)28)21-15-5-3-14(4-6-15)16-7-8-17(23-22-16)24-11-1-2-12-24/h3-8H,1-2,9-13H2,(H,21,26). The van der Waals surface area contributed by atoms with Gasteiger partial charge in [0.25, 0.3) is 0 Å². The van der Waals surface area contributed by atoms with Crippen LogP contribution in [0.15, 0.2) is 36.4 Å². The van der Waals surface area contributed by atoms with Crippen LogP contribution in [0.5, 0.6) is 0 Å². The van der Waals surface area contributed by atoms with E-state index in [0.717, 1.165) is 35.1 Å². The number of amides is 3. The molecule has 1 aromatic carbocycles. The number of nitrogens with one attached hydrogen (secondary N) is 1. The lowest BCUT2D eigenvalue weighted by molar-refractivity contribution is -0.141. The van der Waals surface area contributed by atoms with Crippen LogP contribution in [-0.4, -0.2) is 52.5 Å². The molecule has 0 radical (unpaired) electrons. The number of aromatic nitrogens is 2. The fourth-order valence-electron chi connectivity index (χ4n) is 3.46. The lowest BCUT2D eigenvalue weighted by atomic mass is 10.1. The summed E-state index contributed by atoms with van der Waals surface area (Å²) in [7, 11) is 0. The Hall–Kier alpha value is -3.29. The van der Waals surface area contributed by atoms with E-state index in [-0.39, 0.29) is 31.2 Å². The van der Waals surface area contributed by atoms with Gasteiger partial charge in [-0.15, -0.1) is 10.2 Å². The van der Waals surface area contributed by atoms with Gasteiger partial charge in [0, 0.05) is 37.2 Å². The predicted octanol–water partition coefficient (Wildman–Crippen LogP) is 1.83. The quantitative estimate of drug-likeness (QED) is 0.797. The summed E-state index contributed by atoms with van der Waals surface area (Å²) < 4.78 is 0. The number of benzene rings is 1. The Morgan fingerprint density at radius 3 is 2.21 bits per heavy atom. The Morgan fingerprint density at radius 1 is 0.929 bits per heavy atom. The highest BCUT2D eigenvalue weighted by Crippen LogP contribution is 2.22. The van der Waals surface area contributed by atoms with Crippen molar-refractivity contribution in [2.24, 2.45) is 0 Å². The number of hydrogen-bond donors (Lipinski definition) is 1. The first-order valence-electron chi connectivity index (χ1n) is 9.42. The summed E-state index contributed by atoms with van der Waals surface area (Å²) in [5, 5.41) is 11.3. The Bertz CT molecular complexity index is 873. The number of anilines is 2. The summed E-state index contributed by atoms with van der Waals surface area (Å²) >= 11 is 0. The normalized spacial score (nSPS) is 16.7. The topological polar surface area (TPSA) is 95.5 Å². The van der Waals surface area contributed by atoms with Crippen molar-refractivity contribution >= 4 is 29.2 Å². The summed E-state index contributed by atoms with van der Waals surface area (Å²) in [5.74, 6) is -0.0971. The zero-order valence-corrected chi connectivity index (χ0v) is 15.4. The predicted molar refractivity (Wildman–Crippen MR) is 103 cm³/mol. The molecule has 8 nitrogen and oxygen atoms in total. The van der Waals surface area contributed by atoms with Gasteiger partial charge in [0.05, 0.1) is 5.69 Å². The number of nitrogens with zero attached hydrogens (tertiary/aromatic N) is 4. The molecule has 0 bridgehead atoms. The minimum Gasteiger partial charge on any atom is -0.355 e. The van der Waals surface area contributed by atoms with Gasteiger partial charge in [-0.05, 0) is 37.1 Å². The molecule has 2 saturated heterocycles. The summed E-state index contributed by atoms with van der Waals surface area (Å²) in [6.07, 6.45) is 2.74. The molecular formula is C20H21N5O3. The van der Waals surface area contributed by atoms with Crippen molar-refractivity contribution in [3.63, 3.8) is 0 Å². The third-order valence-electron chi connectivity index (χ3n) is 5.00. The first kappa shape index (κ1) is 18.1. The lowest BCUT2D eigenvalue weighted by Gasteiger charge is -2.15. The molecule has 3 heterocycles. The Balaban J connectivity index is 1.37. The van der Waals surface area contributed by atoms with Crippen molar-refractivity contribution in [2.75, 3.05) is 29.9 Å². The van der Waals surface area contributed by atoms with Crippen LogP contribution in [-0.2, 0) is 14.4 Å². The summed E-state index contributed by atoms with van der Waals surface area (Å²) in [4.78, 5) is 38.5. The van der Waals surface area contributed by atoms with Gasteiger partial charge in [-0.25, -0.2) is 0 Å². The second-order valence-corrected chi connectivity index (χ2v) is 6.97. The van der Waals surface area contributed by atoms with Crippen molar-refractivity contribution < 1.29 is 14.4 Å². The van der Waals surface area contributed by atoms with Crippen molar-refractivity contribution in [1.82, 2.24) is 15.1 Å². The fraction of sp³-hybridized carbons (Fsp3) is 0.350. The zero-order valence-electron chi connectivity index (χ0n) is 15.4. The van der Waals surface area contributed by atoms with Gasteiger partial charge in [-0.3, -0.25) is 19.3 Å². The van der Waals surface area contributed by atoms with Crippen molar-refractivity contribution in [3.8, 4) is 11.3 Å². The first-order valence-corrected chi connectivity index (χ1v) is 9.42. The fourth-order valence-corrected chi connectivity index (χ4v) is 3.46. The molecule has 28 heavy (non-hydrogen) atoms. The Kier molecular flexibility index (Phi) is 5.01. The van der Waals surface area contributed by atoms with E-state index < -0.39 is 5.91 Å². The molecule has 8 heteroatoms. The van der Waals surface area contributed by atoms with E-state index in [0.29, 0.717) is 5.69 Å². The van der Waals surface area contributed by atoms with E-state index in [1.807, 2.05) is 24.3 Å². The molecule has 1 N–H and O–H groups in total. The molecule has 1 aromatic heterocycles. The summed E-state index contributed by atoms with van der Waals surface area (Å²) in [5.41, 5.74) is 2.24. The van der Waals surface area contributed by atoms with Crippen LogP contribution in [0.4, 0.5) is 11.5 Å². The van der Waals surface area contributed by atoms with E-state index in [2.05, 4.69) is 20.4 Å². The minimum atomic E-state index is -0.397. The van der Waals surface area contributed by atoms with Crippen LogP contribution < -0.4 is 10.2 Å². The molecule has 2 aliphatic rings. The molecule has 2 aromatic rings.